The van der Waals surface area contributed by atoms with Crippen molar-refractivity contribution in [3.8, 4) is 0 Å². The number of hydrogen-bond donors (Lipinski definition) is 1. The molecule has 1 N–H and O–H groups in total. The molecule has 3 heteroatoms. The topological polar surface area (TPSA) is 28.7 Å². The van der Waals surface area contributed by atoms with Crippen LogP contribution in [0.15, 0.2) is 30.5 Å². The van der Waals surface area contributed by atoms with E-state index in [1.54, 1.807) is 6.20 Å². The summed E-state index contributed by atoms with van der Waals surface area (Å²) in [5.74, 6) is 0. The third-order valence-corrected chi connectivity index (χ3v) is 2.51. The van der Waals surface area contributed by atoms with Gasteiger partial charge < -0.3 is 0 Å². The highest BCUT2D eigenvalue weighted by molar-refractivity contribution is 6.30. The summed E-state index contributed by atoms with van der Waals surface area (Å²) in [4.78, 5) is 0. The van der Waals surface area contributed by atoms with E-state index in [4.69, 9.17) is 11.6 Å². The average Bonchev–Trinajstić information content (AvgIpc) is 2.56. The van der Waals surface area contributed by atoms with Crippen LogP contribution in [0.25, 0.3) is 0 Å². The number of aromatic nitrogens is 2. The van der Waals surface area contributed by atoms with Gasteiger partial charge in [-0.05, 0) is 12.5 Å². The Morgan fingerprint density at radius 1 is 1.29 bits per heavy atom. The number of nitrogens with zero attached hydrogens (tertiary/aromatic N) is 1. The summed E-state index contributed by atoms with van der Waals surface area (Å²) in [5.41, 5.74) is 3.56. The van der Waals surface area contributed by atoms with E-state index in [0.29, 0.717) is 5.15 Å². The molecule has 0 bridgehead atoms. The largest absolute Gasteiger partial charge is 0.267 e. The van der Waals surface area contributed by atoms with Gasteiger partial charge in [-0.15, -0.1) is 0 Å². The van der Waals surface area contributed by atoms with Crippen molar-refractivity contribution in [2.75, 3.05) is 0 Å². The third kappa shape index (κ3) is 1.96. The molecule has 0 saturated heterocycles. The average molecular weight is 207 g/mol. The highest BCUT2D eigenvalue weighted by atomic mass is 35.5. The lowest BCUT2D eigenvalue weighted by atomic mass is 10.1. The van der Waals surface area contributed by atoms with Gasteiger partial charge in [-0.1, -0.05) is 41.4 Å². The number of aromatic amines is 1. The van der Waals surface area contributed by atoms with Crippen LogP contribution in [0.2, 0.25) is 5.15 Å². The Morgan fingerprint density at radius 2 is 2.00 bits per heavy atom. The van der Waals surface area contributed by atoms with Gasteiger partial charge in [-0.3, -0.25) is 5.10 Å². The van der Waals surface area contributed by atoms with Crippen LogP contribution < -0.4 is 0 Å². The van der Waals surface area contributed by atoms with Crippen molar-refractivity contribution in [1.29, 1.82) is 0 Å². The fraction of sp³-hybridized carbons (Fsp3) is 0.182. The lowest BCUT2D eigenvalue weighted by Gasteiger charge is -1.99. The minimum absolute atomic E-state index is 0.630. The summed E-state index contributed by atoms with van der Waals surface area (Å²) >= 11 is 5.90. The Hall–Kier alpha value is -1.28. The van der Waals surface area contributed by atoms with E-state index in [-0.39, 0.29) is 0 Å². The summed E-state index contributed by atoms with van der Waals surface area (Å²) in [6, 6.07) is 8.42. The van der Waals surface area contributed by atoms with Crippen molar-refractivity contribution in [1.82, 2.24) is 10.2 Å². The Labute approximate surface area is 87.9 Å². The van der Waals surface area contributed by atoms with Crippen molar-refractivity contribution in [2.24, 2.45) is 0 Å². The van der Waals surface area contributed by atoms with Crippen LogP contribution in [0.4, 0.5) is 0 Å². The van der Waals surface area contributed by atoms with Gasteiger partial charge >= 0.3 is 0 Å². The lowest BCUT2D eigenvalue weighted by molar-refractivity contribution is 1.09. The molecule has 0 aliphatic rings. The van der Waals surface area contributed by atoms with Crippen molar-refractivity contribution in [3.05, 3.63) is 52.3 Å². The zero-order chi connectivity index (χ0) is 9.97. The standard InChI is InChI=1S/C11H11ClN2/c1-8-2-4-9(5-3-8)6-10-7-13-14-11(10)12/h2-5,7H,6H2,1H3,(H,13,14). The molecule has 0 amide bonds. The zero-order valence-electron chi connectivity index (χ0n) is 7.92. The summed E-state index contributed by atoms with van der Waals surface area (Å²) in [5, 5.41) is 7.22. The van der Waals surface area contributed by atoms with Gasteiger partial charge in [0.15, 0.2) is 0 Å². The maximum Gasteiger partial charge on any atom is 0.127 e. The fourth-order valence-electron chi connectivity index (χ4n) is 1.34. The molecule has 0 aliphatic heterocycles. The Morgan fingerprint density at radius 3 is 2.57 bits per heavy atom. The second-order valence-corrected chi connectivity index (χ2v) is 3.75. The summed E-state index contributed by atoms with van der Waals surface area (Å²) in [7, 11) is 0. The first-order valence-corrected chi connectivity index (χ1v) is 4.87. The number of rotatable bonds is 2. The molecule has 1 aromatic heterocycles. The van der Waals surface area contributed by atoms with Gasteiger partial charge in [-0.2, -0.15) is 5.10 Å². The first-order valence-electron chi connectivity index (χ1n) is 4.49. The highest BCUT2D eigenvalue weighted by Gasteiger charge is 2.02. The molecule has 0 atom stereocenters. The van der Waals surface area contributed by atoms with Crippen molar-refractivity contribution in [2.45, 2.75) is 13.3 Å². The molecule has 14 heavy (non-hydrogen) atoms. The summed E-state index contributed by atoms with van der Waals surface area (Å²) in [6.45, 7) is 2.08. The smallest absolute Gasteiger partial charge is 0.127 e. The number of benzene rings is 1. The molecule has 0 saturated carbocycles. The van der Waals surface area contributed by atoms with Crippen molar-refractivity contribution in [3.63, 3.8) is 0 Å². The van der Waals surface area contributed by atoms with Crippen LogP contribution in [0.5, 0.6) is 0 Å². The Bertz CT molecular complexity index is 417. The maximum atomic E-state index is 5.90. The van der Waals surface area contributed by atoms with Crippen LogP contribution in [0, 0.1) is 6.92 Å². The number of halogens is 1. The predicted molar refractivity (Wildman–Crippen MR) is 57.6 cm³/mol. The SMILES string of the molecule is Cc1ccc(Cc2cn[nH]c2Cl)cc1. The first-order chi connectivity index (χ1) is 6.75. The van der Waals surface area contributed by atoms with Gasteiger partial charge in [0.2, 0.25) is 0 Å². The molecule has 0 aliphatic carbocycles. The number of aryl methyl sites for hydroxylation is 1. The number of hydrogen-bond acceptors (Lipinski definition) is 1. The van der Waals surface area contributed by atoms with Gasteiger partial charge in [0.1, 0.15) is 5.15 Å². The summed E-state index contributed by atoms with van der Waals surface area (Å²) in [6.07, 6.45) is 2.60. The number of H-pyrrole nitrogens is 1. The molecule has 1 aromatic carbocycles. The summed E-state index contributed by atoms with van der Waals surface area (Å²) < 4.78 is 0. The van der Waals surface area contributed by atoms with Gasteiger partial charge in [-0.25, -0.2) is 0 Å². The highest BCUT2D eigenvalue weighted by Crippen LogP contribution is 2.16. The lowest BCUT2D eigenvalue weighted by Crippen LogP contribution is -1.86. The maximum absolute atomic E-state index is 5.90. The molecule has 2 aromatic rings. The third-order valence-electron chi connectivity index (χ3n) is 2.18. The molecule has 2 nitrogen and oxygen atoms in total. The van der Waals surface area contributed by atoms with Crippen LogP contribution in [0.1, 0.15) is 16.7 Å². The van der Waals surface area contributed by atoms with Gasteiger partial charge in [0.05, 0.1) is 6.20 Å². The Balaban J connectivity index is 2.19. The molecule has 72 valence electrons. The molecule has 2 rings (SSSR count). The molecule has 0 unspecified atom stereocenters. The minimum Gasteiger partial charge on any atom is -0.267 e. The van der Waals surface area contributed by atoms with Crippen LogP contribution in [-0.2, 0) is 6.42 Å². The van der Waals surface area contributed by atoms with E-state index in [0.717, 1.165) is 12.0 Å². The van der Waals surface area contributed by atoms with Crippen molar-refractivity contribution < 1.29 is 0 Å². The van der Waals surface area contributed by atoms with Crippen molar-refractivity contribution >= 4 is 11.6 Å². The van der Waals surface area contributed by atoms with E-state index in [1.165, 1.54) is 11.1 Å². The molecular weight excluding hydrogens is 196 g/mol. The van der Waals surface area contributed by atoms with Crippen LogP contribution in [-0.4, -0.2) is 10.2 Å². The number of nitrogens with one attached hydrogen (secondary N) is 1. The van der Waals surface area contributed by atoms with Crippen LogP contribution >= 0.6 is 11.6 Å². The normalized spacial score (nSPS) is 10.4. The monoisotopic (exact) mass is 206 g/mol. The predicted octanol–water partition coefficient (Wildman–Crippen LogP) is 2.96. The molecule has 1 heterocycles. The van der Waals surface area contributed by atoms with Gasteiger partial charge in [0, 0.05) is 12.0 Å². The fourth-order valence-corrected chi connectivity index (χ4v) is 1.51. The van der Waals surface area contributed by atoms with E-state index in [9.17, 15) is 0 Å². The van der Waals surface area contributed by atoms with E-state index < -0.39 is 0 Å². The quantitative estimate of drug-likeness (QED) is 0.804. The first kappa shape index (κ1) is 9.28. The second-order valence-electron chi connectivity index (χ2n) is 3.37. The Kier molecular flexibility index (Phi) is 2.55. The van der Waals surface area contributed by atoms with E-state index >= 15 is 0 Å². The van der Waals surface area contributed by atoms with E-state index in [2.05, 4.69) is 41.4 Å². The molecule has 0 spiro atoms. The van der Waals surface area contributed by atoms with E-state index in [1.807, 2.05) is 0 Å². The van der Waals surface area contributed by atoms with Crippen LogP contribution in [0.3, 0.4) is 0 Å². The minimum atomic E-state index is 0.630. The zero-order valence-corrected chi connectivity index (χ0v) is 8.67. The molecule has 0 radical (unpaired) electrons. The molecular formula is C11H11ClN2. The van der Waals surface area contributed by atoms with Gasteiger partial charge in [0.25, 0.3) is 0 Å². The second kappa shape index (κ2) is 3.84. The molecule has 0 fully saturated rings.